The summed E-state index contributed by atoms with van der Waals surface area (Å²) in [6.45, 7) is 0. The van der Waals surface area contributed by atoms with Gasteiger partial charge in [0, 0.05) is 5.69 Å². The maximum absolute atomic E-state index is 10.4. The van der Waals surface area contributed by atoms with E-state index in [0.29, 0.717) is 5.69 Å². The number of aromatic carboxylic acids is 1. The number of azo groups is 1. The van der Waals surface area contributed by atoms with E-state index in [2.05, 4.69) is 10.2 Å². The molecule has 6 heteroatoms. The Morgan fingerprint density at radius 2 is 1.28 bits per heavy atom. The van der Waals surface area contributed by atoms with Gasteiger partial charge in [-0.1, -0.05) is 36.4 Å². The summed E-state index contributed by atoms with van der Waals surface area (Å²) in [5.41, 5.74) is 7.18. The highest BCUT2D eigenvalue weighted by Gasteiger charge is 2.08. The molecule has 0 amide bonds. The zero-order valence-corrected chi connectivity index (χ0v) is 13.3. The molecule has 6 nitrogen and oxygen atoms in total. The molecule has 3 aromatic carbocycles. The largest absolute Gasteiger partial charge is 0.507 e. The topological polar surface area (TPSA) is 108 Å². The Morgan fingerprint density at radius 1 is 0.800 bits per heavy atom. The van der Waals surface area contributed by atoms with Crippen LogP contribution in [0.3, 0.4) is 0 Å². The Bertz CT molecular complexity index is 809. The fourth-order valence-corrected chi connectivity index (χ4v) is 1.83. The van der Waals surface area contributed by atoms with E-state index in [0.717, 1.165) is 11.4 Å². The molecule has 3 rings (SSSR count). The van der Waals surface area contributed by atoms with Crippen molar-refractivity contribution in [3.05, 3.63) is 84.4 Å². The van der Waals surface area contributed by atoms with Gasteiger partial charge in [0.25, 0.3) is 0 Å². The van der Waals surface area contributed by atoms with Crippen LogP contribution in [-0.2, 0) is 0 Å². The fourth-order valence-electron chi connectivity index (χ4n) is 1.83. The van der Waals surface area contributed by atoms with Crippen molar-refractivity contribution in [2.24, 2.45) is 10.2 Å². The number of carboxylic acid groups (broad SMARTS) is 1. The van der Waals surface area contributed by atoms with Crippen LogP contribution in [0.25, 0.3) is 0 Å². The molecule has 0 radical (unpaired) electrons. The molecule has 0 fully saturated rings. The first-order valence-corrected chi connectivity index (χ1v) is 7.40. The molecule has 0 unspecified atom stereocenters. The van der Waals surface area contributed by atoms with E-state index in [1.54, 1.807) is 0 Å². The smallest absolute Gasteiger partial charge is 0.339 e. The van der Waals surface area contributed by atoms with Crippen molar-refractivity contribution in [2.45, 2.75) is 0 Å². The second kappa shape index (κ2) is 8.83. The maximum atomic E-state index is 10.4. The first-order valence-electron chi connectivity index (χ1n) is 7.40. The van der Waals surface area contributed by atoms with Gasteiger partial charge in [-0.3, -0.25) is 0 Å². The number of aromatic hydroxyl groups is 1. The van der Waals surface area contributed by atoms with Crippen LogP contribution in [0, 0.1) is 0 Å². The number of anilines is 1. The lowest BCUT2D eigenvalue weighted by atomic mass is 10.2. The molecule has 0 spiro atoms. The summed E-state index contributed by atoms with van der Waals surface area (Å²) in [6, 6.07) is 23.3. The number of hydrogen-bond donors (Lipinski definition) is 3. The number of phenols is 1. The molecule has 0 aromatic heterocycles. The molecule has 0 aliphatic rings. The standard InChI is InChI=1S/C12H10N2.C7H7NO3/c1-3-7-11(8-4-1)13-14-12-9-5-2-6-10-12;8-4-1-2-6(9)5(3-4)7(10)11/h1-10H;1-3,9H,8H2,(H,10,11). The van der Waals surface area contributed by atoms with Crippen LogP contribution in [0.1, 0.15) is 10.4 Å². The molecule has 0 saturated carbocycles. The highest BCUT2D eigenvalue weighted by atomic mass is 16.4. The van der Waals surface area contributed by atoms with E-state index < -0.39 is 5.97 Å². The molecule has 4 N–H and O–H groups in total. The van der Waals surface area contributed by atoms with E-state index in [-0.39, 0.29) is 11.3 Å². The van der Waals surface area contributed by atoms with Crippen LogP contribution in [-0.4, -0.2) is 16.2 Å². The molecule has 3 aromatic rings. The zero-order valence-electron chi connectivity index (χ0n) is 13.3. The molecule has 0 aliphatic carbocycles. The lowest BCUT2D eigenvalue weighted by Gasteiger charge is -1.98. The number of hydrogen-bond acceptors (Lipinski definition) is 5. The predicted octanol–water partition coefficient (Wildman–Crippen LogP) is 4.77. The molecule has 0 atom stereocenters. The Morgan fingerprint density at radius 3 is 1.68 bits per heavy atom. The molecular formula is C19H17N3O3. The minimum atomic E-state index is -1.19. The highest BCUT2D eigenvalue weighted by molar-refractivity contribution is 5.91. The third kappa shape index (κ3) is 5.80. The fraction of sp³-hybridized carbons (Fsp3) is 0. The summed E-state index contributed by atoms with van der Waals surface area (Å²) in [5, 5.41) is 25.6. The van der Waals surface area contributed by atoms with E-state index in [1.165, 1.54) is 18.2 Å². The number of nitrogens with zero attached hydrogens (tertiary/aromatic N) is 2. The van der Waals surface area contributed by atoms with Crippen molar-refractivity contribution in [1.29, 1.82) is 0 Å². The second-order valence-electron chi connectivity index (χ2n) is 4.95. The van der Waals surface area contributed by atoms with Gasteiger partial charge in [0.15, 0.2) is 0 Å². The summed E-state index contributed by atoms with van der Waals surface area (Å²) < 4.78 is 0. The third-order valence-electron chi connectivity index (χ3n) is 3.04. The van der Waals surface area contributed by atoms with E-state index in [1.807, 2.05) is 60.7 Å². The minimum absolute atomic E-state index is 0.176. The maximum Gasteiger partial charge on any atom is 0.339 e. The van der Waals surface area contributed by atoms with Crippen molar-refractivity contribution in [1.82, 2.24) is 0 Å². The van der Waals surface area contributed by atoms with Gasteiger partial charge in [0.1, 0.15) is 11.3 Å². The van der Waals surface area contributed by atoms with Gasteiger partial charge < -0.3 is 15.9 Å². The Hall–Kier alpha value is -3.67. The third-order valence-corrected chi connectivity index (χ3v) is 3.04. The average molecular weight is 335 g/mol. The zero-order chi connectivity index (χ0) is 18.1. The Kier molecular flexibility index (Phi) is 6.24. The van der Waals surface area contributed by atoms with Crippen LogP contribution in [0.2, 0.25) is 0 Å². The first-order chi connectivity index (χ1) is 12.1. The molecule has 0 saturated heterocycles. The first kappa shape index (κ1) is 17.7. The van der Waals surface area contributed by atoms with Crippen molar-refractivity contribution in [3.8, 4) is 5.75 Å². The number of carbonyl (C=O) groups is 1. The van der Waals surface area contributed by atoms with Crippen LogP contribution in [0.4, 0.5) is 17.1 Å². The average Bonchev–Trinajstić information content (AvgIpc) is 2.64. The monoisotopic (exact) mass is 335 g/mol. The van der Waals surface area contributed by atoms with Crippen LogP contribution < -0.4 is 5.73 Å². The quantitative estimate of drug-likeness (QED) is 0.364. The predicted molar refractivity (Wildman–Crippen MR) is 96.5 cm³/mol. The minimum Gasteiger partial charge on any atom is -0.507 e. The normalized spacial score (nSPS) is 10.1. The lowest BCUT2D eigenvalue weighted by Crippen LogP contribution is -1.97. The van der Waals surface area contributed by atoms with Crippen LogP contribution >= 0.6 is 0 Å². The van der Waals surface area contributed by atoms with Crippen molar-refractivity contribution in [3.63, 3.8) is 0 Å². The number of rotatable bonds is 3. The van der Waals surface area contributed by atoms with Gasteiger partial charge in [0.2, 0.25) is 0 Å². The van der Waals surface area contributed by atoms with Gasteiger partial charge in [-0.25, -0.2) is 4.79 Å². The SMILES string of the molecule is Nc1ccc(O)c(C(=O)O)c1.c1ccc(N=Nc2ccccc2)cc1. The van der Waals surface area contributed by atoms with Gasteiger partial charge in [-0.2, -0.15) is 10.2 Å². The molecule has 126 valence electrons. The number of nitrogens with two attached hydrogens (primary N) is 1. The Balaban J connectivity index is 0.000000186. The number of carboxylic acids is 1. The summed E-state index contributed by atoms with van der Waals surface area (Å²) >= 11 is 0. The van der Waals surface area contributed by atoms with E-state index >= 15 is 0 Å². The summed E-state index contributed by atoms with van der Waals surface area (Å²) in [5.74, 6) is -1.46. The number of benzene rings is 3. The van der Waals surface area contributed by atoms with Crippen LogP contribution in [0.15, 0.2) is 89.1 Å². The van der Waals surface area contributed by atoms with Crippen molar-refractivity contribution in [2.75, 3.05) is 5.73 Å². The second-order valence-corrected chi connectivity index (χ2v) is 4.95. The van der Waals surface area contributed by atoms with Gasteiger partial charge in [-0.15, -0.1) is 0 Å². The summed E-state index contributed by atoms with van der Waals surface area (Å²) in [6.07, 6.45) is 0. The van der Waals surface area contributed by atoms with E-state index in [9.17, 15) is 4.79 Å². The Labute approximate surface area is 144 Å². The van der Waals surface area contributed by atoms with E-state index in [4.69, 9.17) is 15.9 Å². The van der Waals surface area contributed by atoms with Gasteiger partial charge >= 0.3 is 5.97 Å². The molecule has 0 aliphatic heterocycles. The molecule has 0 bridgehead atoms. The summed E-state index contributed by atoms with van der Waals surface area (Å²) in [4.78, 5) is 10.4. The van der Waals surface area contributed by atoms with Gasteiger partial charge in [-0.05, 0) is 42.5 Å². The molecule has 0 heterocycles. The molecular weight excluding hydrogens is 318 g/mol. The highest BCUT2D eigenvalue weighted by Crippen LogP contribution is 2.19. The lowest BCUT2D eigenvalue weighted by molar-refractivity contribution is 0.0694. The number of nitrogen functional groups attached to an aromatic ring is 1. The van der Waals surface area contributed by atoms with Gasteiger partial charge in [0.05, 0.1) is 11.4 Å². The summed E-state index contributed by atoms with van der Waals surface area (Å²) in [7, 11) is 0. The van der Waals surface area contributed by atoms with Crippen molar-refractivity contribution < 1.29 is 15.0 Å². The molecule has 25 heavy (non-hydrogen) atoms. The van der Waals surface area contributed by atoms with Crippen LogP contribution in [0.5, 0.6) is 5.75 Å². The van der Waals surface area contributed by atoms with Crippen molar-refractivity contribution >= 4 is 23.0 Å².